The Hall–Kier alpha value is -2.41. The van der Waals surface area contributed by atoms with Crippen LogP contribution in [0.5, 0.6) is 0 Å². The van der Waals surface area contributed by atoms with E-state index in [0.717, 1.165) is 16.9 Å². The largest absolute Gasteiger partial charge is 0.453 e. The third-order valence-electron chi connectivity index (χ3n) is 4.21. The number of ketones is 1. The number of pyridine rings is 1. The summed E-state index contributed by atoms with van der Waals surface area (Å²) in [4.78, 5) is 29.8. The van der Waals surface area contributed by atoms with E-state index in [4.69, 9.17) is 9.47 Å². The number of aromatic nitrogens is 2. The van der Waals surface area contributed by atoms with Crippen LogP contribution < -0.4 is 0 Å². The maximum Gasteiger partial charge on any atom is 0.409 e. The first-order valence-electron chi connectivity index (χ1n) is 7.92. The molecule has 3 heterocycles. The van der Waals surface area contributed by atoms with Crippen LogP contribution in [0.25, 0.3) is 5.65 Å². The van der Waals surface area contributed by atoms with Crippen molar-refractivity contribution in [1.82, 2.24) is 14.3 Å². The summed E-state index contributed by atoms with van der Waals surface area (Å²) in [5.41, 5.74) is 3.10. The number of rotatable bonds is 3. The molecule has 3 rings (SSSR count). The van der Waals surface area contributed by atoms with Gasteiger partial charge in [0.05, 0.1) is 32.1 Å². The van der Waals surface area contributed by atoms with Crippen LogP contribution in [-0.2, 0) is 15.9 Å². The van der Waals surface area contributed by atoms with Crippen molar-refractivity contribution < 1.29 is 19.1 Å². The van der Waals surface area contributed by atoms with E-state index < -0.39 is 0 Å². The second-order valence-electron chi connectivity index (χ2n) is 6.01. The summed E-state index contributed by atoms with van der Waals surface area (Å²) >= 11 is 0. The van der Waals surface area contributed by atoms with Gasteiger partial charge in [0.25, 0.3) is 0 Å². The van der Waals surface area contributed by atoms with Crippen LogP contribution in [0, 0.1) is 6.92 Å². The van der Waals surface area contributed by atoms with E-state index in [9.17, 15) is 9.59 Å². The normalized spacial score (nSPS) is 18.0. The Morgan fingerprint density at radius 2 is 2.25 bits per heavy atom. The smallest absolute Gasteiger partial charge is 0.409 e. The molecule has 0 spiro atoms. The topological polar surface area (TPSA) is 73.1 Å². The molecule has 7 nitrogen and oxygen atoms in total. The zero-order chi connectivity index (χ0) is 17.3. The lowest BCUT2D eigenvalue weighted by atomic mass is 10.1. The summed E-state index contributed by atoms with van der Waals surface area (Å²) in [6, 6.07) is 3.92. The average Bonchev–Trinajstić information content (AvgIpc) is 2.92. The standard InChI is InChI=1S/C17H21N3O4/c1-11-4-5-20-14(16(12(2)21)18-15(20)8-11)9-13-10-19(6-7-24-13)17(22)23-3/h4-5,8,13H,6-7,9-10H2,1-3H3. The van der Waals surface area contributed by atoms with Crippen LogP contribution in [0.3, 0.4) is 0 Å². The first kappa shape index (κ1) is 16.4. The lowest BCUT2D eigenvalue weighted by molar-refractivity contribution is -0.0242. The van der Waals surface area contributed by atoms with Crippen molar-refractivity contribution in [3.8, 4) is 0 Å². The lowest BCUT2D eigenvalue weighted by Crippen LogP contribution is -2.46. The Labute approximate surface area is 140 Å². The van der Waals surface area contributed by atoms with Crippen LogP contribution in [0.15, 0.2) is 18.3 Å². The summed E-state index contributed by atoms with van der Waals surface area (Å²) in [6.45, 7) is 4.89. The summed E-state index contributed by atoms with van der Waals surface area (Å²) in [5.74, 6) is -0.0769. The lowest BCUT2D eigenvalue weighted by Gasteiger charge is -2.31. The Bertz CT molecular complexity index is 783. The molecule has 1 fully saturated rings. The zero-order valence-electron chi connectivity index (χ0n) is 14.1. The fourth-order valence-electron chi connectivity index (χ4n) is 3.03. The number of hydrogen-bond acceptors (Lipinski definition) is 5. The second kappa shape index (κ2) is 6.60. The van der Waals surface area contributed by atoms with Gasteiger partial charge in [0.1, 0.15) is 11.3 Å². The molecule has 1 unspecified atom stereocenters. The van der Waals surface area contributed by atoms with Gasteiger partial charge in [0.15, 0.2) is 5.78 Å². The molecule has 7 heteroatoms. The number of imidazole rings is 1. The number of hydrogen-bond donors (Lipinski definition) is 0. The van der Waals surface area contributed by atoms with Crippen LogP contribution >= 0.6 is 0 Å². The van der Waals surface area contributed by atoms with E-state index in [1.54, 1.807) is 4.90 Å². The third kappa shape index (κ3) is 3.12. The van der Waals surface area contributed by atoms with E-state index >= 15 is 0 Å². The van der Waals surface area contributed by atoms with Crippen molar-refractivity contribution in [2.75, 3.05) is 26.8 Å². The van der Waals surface area contributed by atoms with E-state index in [1.807, 2.05) is 29.7 Å². The van der Waals surface area contributed by atoms with Crippen molar-refractivity contribution in [1.29, 1.82) is 0 Å². The molecule has 128 valence electrons. The molecule has 1 aliphatic rings. The minimum Gasteiger partial charge on any atom is -0.453 e. The Kier molecular flexibility index (Phi) is 4.53. The molecule has 0 bridgehead atoms. The number of carbonyl (C=O) groups is 2. The van der Waals surface area contributed by atoms with Crippen molar-refractivity contribution >= 4 is 17.5 Å². The fraction of sp³-hybridized carbons (Fsp3) is 0.471. The minimum absolute atomic E-state index is 0.0769. The predicted octanol–water partition coefficient (Wildman–Crippen LogP) is 1.86. The van der Waals surface area contributed by atoms with E-state index in [-0.39, 0.29) is 18.0 Å². The van der Waals surface area contributed by atoms with Crippen molar-refractivity contribution in [3.63, 3.8) is 0 Å². The highest BCUT2D eigenvalue weighted by Gasteiger charge is 2.27. The summed E-state index contributed by atoms with van der Waals surface area (Å²) in [7, 11) is 1.37. The molecule has 0 aromatic carbocycles. The molecule has 2 aromatic rings. The van der Waals surface area contributed by atoms with Crippen molar-refractivity contribution in [2.45, 2.75) is 26.4 Å². The Balaban J connectivity index is 1.90. The number of amides is 1. The van der Waals surface area contributed by atoms with Gasteiger partial charge in [-0.2, -0.15) is 0 Å². The molecule has 1 saturated heterocycles. The number of fused-ring (bicyclic) bond motifs is 1. The number of nitrogens with zero attached hydrogens (tertiary/aromatic N) is 3. The molecule has 0 aliphatic carbocycles. The highest BCUT2D eigenvalue weighted by Crippen LogP contribution is 2.19. The monoisotopic (exact) mass is 331 g/mol. The van der Waals surface area contributed by atoms with Gasteiger partial charge in [-0.25, -0.2) is 9.78 Å². The van der Waals surface area contributed by atoms with Crippen molar-refractivity contribution in [3.05, 3.63) is 35.3 Å². The predicted molar refractivity (Wildman–Crippen MR) is 87.4 cm³/mol. The second-order valence-corrected chi connectivity index (χ2v) is 6.01. The number of aryl methyl sites for hydroxylation is 1. The third-order valence-corrected chi connectivity index (χ3v) is 4.21. The van der Waals surface area contributed by atoms with E-state index in [1.165, 1.54) is 14.0 Å². The van der Waals surface area contributed by atoms with Crippen LogP contribution in [0.1, 0.15) is 28.7 Å². The zero-order valence-corrected chi connectivity index (χ0v) is 14.1. The van der Waals surface area contributed by atoms with E-state index in [0.29, 0.717) is 31.8 Å². The molecule has 1 aliphatic heterocycles. The molecule has 0 radical (unpaired) electrons. The van der Waals surface area contributed by atoms with Gasteiger partial charge in [-0.05, 0) is 24.6 Å². The maximum absolute atomic E-state index is 12.0. The highest BCUT2D eigenvalue weighted by molar-refractivity contribution is 5.94. The van der Waals surface area contributed by atoms with Gasteiger partial charge in [-0.15, -0.1) is 0 Å². The average molecular weight is 331 g/mol. The van der Waals surface area contributed by atoms with E-state index in [2.05, 4.69) is 4.98 Å². The molecule has 0 N–H and O–H groups in total. The molecular weight excluding hydrogens is 310 g/mol. The van der Waals surface area contributed by atoms with Crippen LogP contribution in [-0.4, -0.2) is 59.1 Å². The Morgan fingerprint density at radius 1 is 1.46 bits per heavy atom. The summed E-state index contributed by atoms with van der Waals surface area (Å²) in [6.07, 6.45) is 1.87. The van der Waals surface area contributed by atoms with Crippen molar-refractivity contribution in [2.24, 2.45) is 0 Å². The molecule has 2 aromatic heterocycles. The molecule has 1 atom stereocenters. The number of Topliss-reactive ketones (excluding diaryl/α,β-unsaturated/α-hetero) is 1. The Morgan fingerprint density at radius 3 is 2.96 bits per heavy atom. The quantitative estimate of drug-likeness (QED) is 0.803. The highest BCUT2D eigenvalue weighted by atomic mass is 16.5. The molecule has 1 amide bonds. The van der Waals surface area contributed by atoms with Gasteiger partial charge in [-0.1, -0.05) is 0 Å². The van der Waals surface area contributed by atoms with Gasteiger partial charge < -0.3 is 18.8 Å². The first-order valence-corrected chi connectivity index (χ1v) is 7.92. The van der Waals surface area contributed by atoms with Gasteiger partial charge in [0.2, 0.25) is 0 Å². The van der Waals surface area contributed by atoms with Crippen LogP contribution in [0.4, 0.5) is 4.79 Å². The summed E-state index contributed by atoms with van der Waals surface area (Å²) < 4.78 is 12.5. The van der Waals surface area contributed by atoms with Gasteiger partial charge in [0, 0.05) is 26.1 Å². The minimum atomic E-state index is -0.358. The summed E-state index contributed by atoms with van der Waals surface area (Å²) in [5, 5.41) is 0. The number of ether oxygens (including phenoxy) is 2. The number of morpholine rings is 1. The molecule has 0 saturated carbocycles. The molecular formula is C17H21N3O4. The SMILES string of the molecule is COC(=O)N1CCOC(Cc2c(C(C)=O)nc3cc(C)ccn23)C1. The molecule has 24 heavy (non-hydrogen) atoms. The fourth-order valence-corrected chi connectivity index (χ4v) is 3.03. The van der Waals surface area contributed by atoms with Crippen LogP contribution in [0.2, 0.25) is 0 Å². The number of carbonyl (C=O) groups excluding carboxylic acids is 2. The van der Waals surface area contributed by atoms with Gasteiger partial charge in [-0.3, -0.25) is 4.79 Å². The maximum atomic E-state index is 12.0. The van der Waals surface area contributed by atoms with Gasteiger partial charge >= 0.3 is 6.09 Å². The first-order chi connectivity index (χ1) is 11.5. The number of methoxy groups -OCH3 is 1.